The van der Waals surface area contributed by atoms with Gasteiger partial charge in [0.25, 0.3) is 5.91 Å². The SMILES string of the molecule is CCN1C(=O)N[C@@H](c2ccc(C)cc2)C2=C1CN([C@H](Cc1ccccc1)C(=O)N1CCOCC1)C2=O. The monoisotopic (exact) mass is 488 g/mol. The number of hydrogen-bond donors (Lipinski definition) is 1. The van der Waals surface area contributed by atoms with Gasteiger partial charge in [-0.2, -0.15) is 0 Å². The van der Waals surface area contributed by atoms with Crippen LogP contribution >= 0.6 is 0 Å². The first-order chi connectivity index (χ1) is 17.5. The van der Waals surface area contributed by atoms with Gasteiger partial charge in [0.15, 0.2) is 0 Å². The van der Waals surface area contributed by atoms with Crippen LogP contribution < -0.4 is 5.32 Å². The predicted octanol–water partition coefficient (Wildman–Crippen LogP) is 2.65. The third-order valence-corrected chi connectivity index (χ3v) is 7.23. The van der Waals surface area contributed by atoms with Crippen molar-refractivity contribution in [2.75, 3.05) is 39.4 Å². The highest BCUT2D eigenvalue weighted by Crippen LogP contribution is 2.37. The Hall–Kier alpha value is -3.65. The normalized spacial score (nSPS) is 20.9. The van der Waals surface area contributed by atoms with Crippen molar-refractivity contribution in [2.45, 2.75) is 32.4 Å². The van der Waals surface area contributed by atoms with Crippen LogP contribution in [0.15, 0.2) is 65.9 Å². The van der Waals surface area contributed by atoms with E-state index in [-0.39, 0.29) is 24.4 Å². The molecule has 0 bridgehead atoms. The molecule has 1 N–H and O–H groups in total. The molecule has 36 heavy (non-hydrogen) atoms. The molecular formula is C28H32N4O4. The maximum Gasteiger partial charge on any atom is 0.322 e. The number of benzene rings is 2. The number of nitrogens with zero attached hydrogens (tertiary/aromatic N) is 3. The summed E-state index contributed by atoms with van der Waals surface area (Å²) in [5, 5.41) is 3.03. The Morgan fingerprint density at radius 2 is 1.75 bits per heavy atom. The molecule has 1 fully saturated rings. The maximum atomic E-state index is 14.1. The first-order valence-electron chi connectivity index (χ1n) is 12.6. The zero-order valence-corrected chi connectivity index (χ0v) is 20.8. The van der Waals surface area contributed by atoms with Gasteiger partial charge >= 0.3 is 6.03 Å². The lowest BCUT2D eigenvalue weighted by molar-refractivity contribution is -0.145. The Balaban J connectivity index is 1.51. The summed E-state index contributed by atoms with van der Waals surface area (Å²) in [6.45, 7) is 6.55. The summed E-state index contributed by atoms with van der Waals surface area (Å²) in [5.41, 5.74) is 4.17. The van der Waals surface area contributed by atoms with Crippen LogP contribution in [-0.2, 0) is 20.7 Å². The first kappa shape index (κ1) is 24.1. The smallest absolute Gasteiger partial charge is 0.322 e. The second kappa shape index (κ2) is 10.1. The van der Waals surface area contributed by atoms with Gasteiger partial charge in [-0.15, -0.1) is 0 Å². The number of carbonyl (C=O) groups is 3. The Morgan fingerprint density at radius 1 is 1.06 bits per heavy atom. The standard InChI is InChI=1S/C28H32N4O4/c1-3-31-23-18-32(27(34)24(23)25(29-28(31)35)21-11-9-19(2)10-12-21)22(17-20-7-5-4-6-8-20)26(33)30-13-15-36-16-14-30/h4-12,22,25H,3,13-18H2,1-2H3,(H,29,35)/t22-,25+/m1/s1. The summed E-state index contributed by atoms with van der Waals surface area (Å²) in [5.74, 6) is -0.277. The van der Waals surface area contributed by atoms with E-state index in [2.05, 4.69) is 5.32 Å². The van der Waals surface area contributed by atoms with Gasteiger partial charge in [-0.3, -0.25) is 14.5 Å². The molecular weight excluding hydrogens is 456 g/mol. The van der Waals surface area contributed by atoms with Crippen LogP contribution in [-0.4, -0.2) is 78.0 Å². The van der Waals surface area contributed by atoms with Crippen LogP contribution in [0.3, 0.4) is 0 Å². The Labute approximate surface area is 211 Å². The fraction of sp³-hybridized carbons (Fsp3) is 0.393. The molecule has 1 saturated heterocycles. The van der Waals surface area contributed by atoms with Crippen LogP contribution in [0.1, 0.15) is 29.7 Å². The second-order valence-electron chi connectivity index (χ2n) is 9.47. The van der Waals surface area contributed by atoms with E-state index in [1.807, 2.05) is 68.4 Å². The lowest BCUT2D eigenvalue weighted by atomic mass is 9.95. The van der Waals surface area contributed by atoms with E-state index in [0.29, 0.717) is 50.5 Å². The van der Waals surface area contributed by atoms with Crippen molar-refractivity contribution >= 4 is 17.8 Å². The lowest BCUT2D eigenvalue weighted by Crippen LogP contribution is -2.53. The molecule has 2 aromatic rings. The summed E-state index contributed by atoms with van der Waals surface area (Å²) >= 11 is 0. The molecule has 3 aliphatic heterocycles. The highest BCUT2D eigenvalue weighted by atomic mass is 16.5. The van der Waals surface area contributed by atoms with E-state index < -0.39 is 12.1 Å². The number of rotatable bonds is 6. The molecule has 0 saturated carbocycles. The third-order valence-electron chi connectivity index (χ3n) is 7.23. The average molecular weight is 489 g/mol. The number of aryl methyl sites for hydroxylation is 1. The van der Waals surface area contributed by atoms with Crippen molar-refractivity contribution in [3.05, 3.63) is 82.6 Å². The molecule has 5 rings (SSSR count). The molecule has 3 heterocycles. The van der Waals surface area contributed by atoms with Crippen LogP contribution in [0, 0.1) is 6.92 Å². The summed E-state index contributed by atoms with van der Waals surface area (Å²) in [6.07, 6.45) is 0.409. The number of carbonyl (C=O) groups excluding carboxylic acids is 3. The minimum atomic E-state index is -0.670. The van der Waals surface area contributed by atoms with Gasteiger partial charge < -0.3 is 19.9 Å². The van der Waals surface area contributed by atoms with Gasteiger partial charge in [-0.1, -0.05) is 60.2 Å². The second-order valence-corrected chi connectivity index (χ2v) is 9.47. The zero-order chi connectivity index (χ0) is 25.2. The molecule has 0 aliphatic carbocycles. The van der Waals surface area contributed by atoms with Crippen LogP contribution in [0.2, 0.25) is 0 Å². The van der Waals surface area contributed by atoms with Crippen molar-refractivity contribution < 1.29 is 19.1 Å². The number of nitrogens with one attached hydrogen (secondary N) is 1. The number of ether oxygens (including phenoxy) is 1. The molecule has 188 valence electrons. The van der Waals surface area contributed by atoms with E-state index in [9.17, 15) is 14.4 Å². The minimum absolute atomic E-state index is 0.0791. The number of amides is 4. The molecule has 0 spiro atoms. The molecule has 8 nitrogen and oxygen atoms in total. The van der Waals surface area contributed by atoms with E-state index >= 15 is 0 Å². The molecule has 2 atom stereocenters. The van der Waals surface area contributed by atoms with Gasteiger partial charge in [0.2, 0.25) is 5.91 Å². The topological polar surface area (TPSA) is 82.2 Å². The lowest BCUT2D eigenvalue weighted by Gasteiger charge is -2.35. The minimum Gasteiger partial charge on any atom is -0.378 e. The number of urea groups is 1. The van der Waals surface area contributed by atoms with Crippen molar-refractivity contribution in [1.82, 2.24) is 20.0 Å². The average Bonchev–Trinajstić information content (AvgIpc) is 3.24. The van der Waals surface area contributed by atoms with Gasteiger partial charge in [-0.25, -0.2) is 4.79 Å². The number of likely N-dealkylation sites (N-methyl/N-ethyl adjacent to an activating group) is 1. The fourth-order valence-electron chi connectivity index (χ4n) is 5.27. The van der Waals surface area contributed by atoms with Crippen LogP contribution in [0.4, 0.5) is 4.79 Å². The molecule has 0 unspecified atom stereocenters. The largest absolute Gasteiger partial charge is 0.378 e. The highest BCUT2D eigenvalue weighted by Gasteiger charge is 2.47. The quantitative estimate of drug-likeness (QED) is 0.678. The fourth-order valence-corrected chi connectivity index (χ4v) is 5.27. The van der Waals surface area contributed by atoms with Crippen LogP contribution in [0.5, 0.6) is 0 Å². The summed E-state index contributed by atoms with van der Waals surface area (Å²) in [4.78, 5) is 46.0. The van der Waals surface area contributed by atoms with Gasteiger partial charge in [-0.05, 0) is 25.0 Å². The van der Waals surface area contributed by atoms with Crippen molar-refractivity contribution in [3.63, 3.8) is 0 Å². The summed E-state index contributed by atoms with van der Waals surface area (Å²) in [6, 6.07) is 16.2. The molecule has 4 amide bonds. The van der Waals surface area contributed by atoms with E-state index in [1.54, 1.807) is 14.7 Å². The Morgan fingerprint density at radius 3 is 2.42 bits per heavy atom. The van der Waals surface area contributed by atoms with Crippen molar-refractivity contribution in [1.29, 1.82) is 0 Å². The third kappa shape index (κ3) is 4.48. The molecule has 8 heteroatoms. The Kier molecular flexibility index (Phi) is 6.78. The molecule has 0 aromatic heterocycles. The van der Waals surface area contributed by atoms with E-state index in [4.69, 9.17) is 4.74 Å². The molecule has 3 aliphatic rings. The van der Waals surface area contributed by atoms with Crippen molar-refractivity contribution in [3.8, 4) is 0 Å². The van der Waals surface area contributed by atoms with Gasteiger partial charge in [0.1, 0.15) is 6.04 Å². The van der Waals surface area contributed by atoms with Crippen LogP contribution in [0.25, 0.3) is 0 Å². The predicted molar refractivity (Wildman–Crippen MR) is 135 cm³/mol. The maximum absolute atomic E-state index is 14.1. The Bertz CT molecular complexity index is 1170. The first-order valence-corrected chi connectivity index (χ1v) is 12.6. The molecule has 0 radical (unpaired) electrons. The van der Waals surface area contributed by atoms with Crippen molar-refractivity contribution in [2.24, 2.45) is 0 Å². The highest BCUT2D eigenvalue weighted by molar-refractivity contribution is 6.03. The summed E-state index contributed by atoms with van der Waals surface area (Å²) < 4.78 is 5.45. The summed E-state index contributed by atoms with van der Waals surface area (Å²) in [7, 11) is 0. The van der Waals surface area contributed by atoms with Gasteiger partial charge in [0.05, 0.1) is 37.1 Å². The molecule has 2 aromatic carbocycles. The zero-order valence-electron chi connectivity index (χ0n) is 20.8. The van der Waals surface area contributed by atoms with Gasteiger partial charge in [0, 0.05) is 26.1 Å². The number of hydrogen-bond acceptors (Lipinski definition) is 4. The number of morpholine rings is 1. The van der Waals surface area contributed by atoms with E-state index in [1.165, 1.54) is 0 Å². The van der Waals surface area contributed by atoms with E-state index in [0.717, 1.165) is 16.7 Å².